The third-order valence-corrected chi connectivity index (χ3v) is 10.4. The van der Waals surface area contributed by atoms with Crippen LogP contribution in [0.15, 0.2) is 141 Å². The Kier molecular flexibility index (Phi) is 22.1. The van der Waals surface area contributed by atoms with Crippen LogP contribution in [0.3, 0.4) is 0 Å². The van der Waals surface area contributed by atoms with E-state index in [-0.39, 0.29) is 75.7 Å². The molecule has 0 spiro atoms. The second kappa shape index (κ2) is 29.4. The fourth-order valence-electron chi connectivity index (χ4n) is 6.48. The van der Waals surface area contributed by atoms with Crippen LogP contribution in [0.5, 0.6) is 34.5 Å². The van der Waals surface area contributed by atoms with Crippen molar-refractivity contribution in [1.82, 2.24) is 0 Å². The molecule has 0 amide bonds. The molecule has 0 radical (unpaired) electrons. The minimum atomic E-state index is -0.893. The van der Waals surface area contributed by atoms with Crippen LogP contribution in [0.2, 0.25) is 0 Å². The predicted octanol–water partition coefficient (Wildman–Crippen LogP) is 11.3. The number of hydrogen-bond acceptors (Lipinski definition) is 17. The molecule has 0 saturated heterocycles. The summed E-state index contributed by atoms with van der Waals surface area (Å²) in [5.41, 5.74) is 1.17. The Morgan fingerprint density at radius 1 is 0.384 bits per heavy atom. The molecule has 0 unspecified atom stereocenters. The van der Waals surface area contributed by atoms with E-state index in [0.717, 1.165) is 44.6 Å². The summed E-state index contributed by atoms with van der Waals surface area (Å²) in [5, 5.41) is 0. The van der Waals surface area contributed by atoms with Crippen LogP contribution in [0.25, 0.3) is 0 Å². The lowest BCUT2D eigenvalue weighted by Gasteiger charge is -2.11. The number of unbranched alkanes of at least 4 members (excludes halogenated alkanes) is 7. The Morgan fingerprint density at radius 3 is 1.12 bits per heavy atom. The second-order valence-electron chi connectivity index (χ2n) is 16.0. The van der Waals surface area contributed by atoms with Crippen molar-refractivity contribution in [2.75, 3.05) is 19.8 Å². The Bertz CT molecular complexity index is 2710. The quantitative estimate of drug-likeness (QED) is 0.0119. The standard InChI is InChI=1S/C56H54O17/c1-4-43(57)15-11-7-6-8-13-35-66-55(63)71-46-28-22-40(23-29-46)52(60)69-45-26-18-42(19-27-45)54(62)73-49-33-32-48(37-38(49)3)70-53(61)41-16-24-44(25-17-41)68-51(59)39-20-30-47(31-21-39)72-56(64)67-36-14-10-9-12-34-65-50(58)5-2/h4-5,16-33,37H,1-2,6-15,34-36H2,3H3. The third-order valence-electron chi connectivity index (χ3n) is 10.4. The number of ether oxygens (including phenoxy) is 9. The molecule has 0 aliphatic carbocycles. The molecule has 0 atom stereocenters. The summed E-state index contributed by atoms with van der Waals surface area (Å²) < 4.78 is 47.4. The lowest BCUT2D eigenvalue weighted by molar-refractivity contribution is -0.137. The Hall–Kier alpha value is -8.86. The number of esters is 5. The number of aryl methyl sites for hydroxylation is 1. The van der Waals surface area contributed by atoms with E-state index in [1.165, 1.54) is 121 Å². The van der Waals surface area contributed by atoms with Crippen LogP contribution in [0.1, 0.15) is 111 Å². The molecule has 5 rings (SSSR count). The number of benzene rings is 5. The molecule has 0 aromatic heterocycles. The van der Waals surface area contributed by atoms with Crippen LogP contribution in [0, 0.1) is 6.92 Å². The summed E-state index contributed by atoms with van der Waals surface area (Å²) in [6, 6.07) is 27.2. The van der Waals surface area contributed by atoms with E-state index >= 15 is 0 Å². The first-order valence-electron chi connectivity index (χ1n) is 23.3. The van der Waals surface area contributed by atoms with Crippen LogP contribution in [-0.2, 0) is 23.8 Å². The number of carbonyl (C=O) groups is 8. The first-order valence-corrected chi connectivity index (χ1v) is 23.3. The van der Waals surface area contributed by atoms with Crippen LogP contribution in [0.4, 0.5) is 9.59 Å². The maximum Gasteiger partial charge on any atom is 0.513 e. The van der Waals surface area contributed by atoms with Gasteiger partial charge in [0.1, 0.15) is 34.5 Å². The second-order valence-corrected chi connectivity index (χ2v) is 16.0. The average molecular weight is 999 g/mol. The van der Waals surface area contributed by atoms with Gasteiger partial charge in [0.05, 0.1) is 42.1 Å². The fourth-order valence-corrected chi connectivity index (χ4v) is 6.48. The van der Waals surface area contributed by atoms with Crippen molar-refractivity contribution in [3.05, 3.63) is 168 Å². The van der Waals surface area contributed by atoms with E-state index in [1.807, 2.05) is 0 Å². The van der Waals surface area contributed by atoms with Gasteiger partial charge in [-0.25, -0.2) is 33.6 Å². The van der Waals surface area contributed by atoms with Crippen molar-refractivity contribution in [3.63, 3.8) is 0 Å². The van der Waals surface area contributed by atoms with Crippen LogP contribution < -0.4 is 28.4 Å². The van der Waals surface area contributed by atoms with Gasteiger partial charge < -0.3 is 42.6 Å². The number of allylic oxidation sites excluding steroid dienone is 1. The monoisotopic (exact) mass is 998 g/mol. The van der Waals surface area contributed by atoms with E-state index in [9.17, 15) is 38.4 Å². The first-order chi connectivity index (χ1) is 35.3. The van der Waals surface area contributed by atoms with Crippen LogP contribution in [-0.4, -0.2) is 67.8 Å². The first kappa shape index (κ1) is 55.1. The van der Waals surface area contributed by atoms with Crippen molar-refractivity contribution in [2.45, 2.75) is 71.1 Å². The summed E-state index contributed by atoms with van der Waals surface area (Å²) in [6.07, 6.45) is 8.12. The molecule has 5 aromatic rings. The molecule has 0 saturated carbocycles. The van der Waals surface area contributed by atoms with E-state index in [0.29, 0.717) is 37.9 Å². The highest BCUT2D eigenvalue weighted by Gasteiger charge is 2.17. The minimum Gasteiger partial charge on any atom is -0.463 e. The smallest absolute Gasteiger partial charge is 0.463 e. The highest BCUT2D eigenvalue weighted by molar-refractivity contribution is 5.94. The summed E-state index contributed by atoms with van der Waals surface area (Å²) in [4.78, 5) is 97.9. The highest BCUT2D eigenvalue weighted by Crippen LogP contribution is 2.27. The van der Waals surface area contributed by atoms with Crippen molar-refractivity contribution < 1.29 is 81.0 Å². The van der Waals surface area contributed by atoms with Crippen LogP contribution >= 0.6 is 0 Å². The molecule has 73 heavy (non-hydrogen) atoms. The molecule has 0 bridgehead atoms. The molecule has 0 heterocycles. The molecule has 0 fully saturated rings. The maximum absolute atomic E-state index is 13.0. The largest absolute Gasteiger partial charge is 0.513 e. The Morgan fingerprint density at radius 2 is 0.726 bits per heavy atom. The molecule has 5 aromatic carbocycles. The van der Waals surface area contributed by atoms with Gasteiger partial charge >= 0.3 is 42.2 Å². The van der Waals surface area contributed by atoms with Gasteiger partial charge in [0.15, 0.2) is 5.78 Å². The summed E-state index contributed by atoms with van der Waals surface area (Å²) >= 11 is 0. The lowest BCUT2D eigenvalue weighted by atomic mass is 10.1. The van der Waals surface area contributed by atoms with E-state index in [4.69, 9.17) is 42.6 Å². The van der Waals surface area contributed by atoms with Crippen molar-refractivity contribution in [2.24, 2.45) is 0 Å². The van der Waals surface area contributed by atoms with E-state index < -0.39 is 42.2 Å². The van der Waals surface area contributed by atoms with Gasteiger partial charge in [-0.05, 0) is 172 Å². The minimum absolute atomic E-state index is 0.0323. The normalized spacial score (nSPS) is 10.4. The lowest BCUT2D eigenvalue weighted by Crippen LogP contribution is -2.12. The fraction of sp³-hybridized carbons (Fsp3) is 0.250. The molecule has 0 aliphatic rings. The van der Waals surface area contributed by atoms with Crippen molar-refractivity contribution in [1.29, 1.82) is 0 Å². The number of carbonyl (C=O) groups excluding carboxylic acids is 8. The SMILES string of the molecule is C=CC(=O)CCCCCCCOC(=O)Oc1ccc(C(=O)Oc2ccc(C(=O)Oc3ccc(OC(=O)c4ccc(OC(=O)c5ccc(OC(=O)OCCCCCCOC(=O)C=C)cc5)cc4)cc3C)cc2)cc1. The van der Waals surface area contributed by atoms with E-state index in [2.05, 4.69) is 13.2 Å². The van der Waals surface area contributed by atoms with Gasteiger partial charge in [-0.15, -0.1) is 0 Å². The van der Waals surface area contributed by atoms with Gasteiger partial charge in [0.2, 0.25) is 0 Å². The molecule has 0 aliphatic heterocycles. The molecule has 380 valence electrons. The summed E-state index contributed by atoms with van der Waals surface area (Å²) in [7, 11) is 0. The van der Waals surface area contributed by atoms with Gasteiger partial charge in [-0.1, -0.05) is 32.4 Å². The summed E-state index contributed by atoms with van der Waals surface area (Å²) in [5.74, 6) is -2.17. The molecule has 0 N–H and O–H groups in total. The van der Waals surface area contributed by atoms with Crippen molar-refractivity contribution >= 4 is 47.9 Å². The van der Waals surface area contributed by atoms with Gasteiger partial charge in [-0.3, -0.25) is 4.79 Å². The van der Waals surface area contributed by atoms with Gasteiger partial charge in [0.25, 0.3) is 0 Å². The van der Waals surface area contributed by atoms with Gasteiger partial charge in [-0.2, -0.15) is 0 Å². The maximum atomic E-state index is 13.0. The molecular formula is C56H54O17. The zero-order valence-corrected chi connectivity index (χ0v) is 40.2. The third kappa shape index (κ3) is 19.5. The van der Waals surface area contributed by atoms with Crippen molar-refractivity contribution in [3.8, 4) is 34.5 Å². The predicted molar refractivity (Wildman–Crippen MR) is 263 cm³/mol. The topological polar surface area (TPSA) is 220 Å². The molecule has 17 heteroatoms. The molecule has 17 nitrogen and oxygen atoms in total. The highest BCUT2D eigenvalue weighted by atomic mass is 16.7. The summed E-state index contributed by atoms with van der Waals surface area (Å²) in [6.45, 7) is 9.09. The number of rotatable bonds is 27. The zero-order chi connectivity index (χ0) is 52.4. The molecular weight excluding hydrogens is 945 g/mol. The van der Waals surface area contributed by atoms with Gasteiger partial charge in [0, 0.05) is 12.5 Å². The zero-order valence-electron chi connectivity index (χ0n) is 40.2. The Labute approximate surface area is 421 Å². The number of ketones is 1. The average Bonchev–Trinajstić information content (AvgIpc) is 3.39. The number of hydrogen-bond donors (Lipinski definition) is 0. The van der Waals surface area contributed by atoms with E-state index in [1.54, 1.807) is 6.92 Å². The Balaban J connectivity index is 0.986.